The van der Waals surface area contributed by atoms with E-state index in [1.165, 1.54) is 11.1 Å². The first-order valence-electron chi connectivity index (χ1n) is 7.44. The SMILES string of the molecule is CCC1(CC)Cc2ccccc2C(CC)(CC)O1. The van der Waals surface area contributed by atoms with Gasteiger partial charge in [-0.2, -0.15) is 0 Å². The van der Waals surface area contributed by atoms with Crippen LogP contribution in [0.1, 0.15) is 64.5 Å². The second kappa shape index (κ2) is 5.05. The first-order valence-corrected chi connectivity index (χ1v) is 7.44. The number of hydrogen-bond donors (Lipinski definition) is 0. The third-order valence-corrected chi connectivity index (χ3v) is 4.86. The van der Waals surface area contributed by atoms with E-state index in [0.29, 0.717) is 0 Å². The van der Waals surface area contributed by atoms with Crippen LogP contribution in [-0.4, -0.2) is 5.60 Å². The third kappa shape index (κ3) is 1.99. The Morgan fingerprint density at radius 3 is 2.11 bits per heavy atom. The van der Waals surface area contributed by atoms with Crippen LogP contribution < -0.4 is 0 Å². The maximum absolute atomic E-state index is 6.68. The number of benzene rings is 1. The van der Waals surface area contributed by atoms with Crippen molar-refractivity contribution in [3.63, 3.8) is 0 Å². The average Bonchev–Trinajstić information content (AvgIpc) is 2.46. The van der Waals surface area contributed by atoms with E-state index in [-0.39, 0.29) is 11.2 Å². The van der Waals surface area contributed by atoms with Gasteiger partial charge in [0.1, 0.15) is 0 Å². The first kappa shape index (κ1) is 13.6. The molecular weight excluding hydrogens is 220 g/mol. The van der Waals surface area contributed by atoms with Crippen molar-refractivity contribution < 1.29 is 4.74 Å². The van der Waals surface area contributed by atoms with E-state index in [1.54, 1.807) is 0 Å². The number of ether oxygens (including phenoxy) is 1. The molecule has 0 saturated carbocycles. The molecule has 18 heavy (non-hydrogen) atoms. The lowest BCUT2D eigenvalue weighted by Crippen LogP contribution is -2.48. The van der Waals surface area contributed by atoms with E-state index in [0.717, 1.165) is 32.1 Å². The fourth-order valence-electron chi connectivity index (χ4n) is 3.39. The zero-order chi connectivity index (χ0) is 13.2. The molecule has 1 aliphatic heterocycles. The van der Waals surface area contributed by atoms with Gasteiger partial charge >= 0.3 is 0 Å². The van der Waals surface area contributed by atoms with Gasteiger partial charge in [-0.15, -0.1) is 0 Å². The molecule has 1 aliphatic rings. The van der Waals surface area contributed by atoms with Gasteiger partial charge in [0.2, 0.25) is 0 Å². The Labute approximate surface area is 112 Å². The first-order chi connectivity index (χ1) is 8.65. The molecule has 100 valence electrons. The molecule has 1 heteroatoms. The minimum absolute atomic E-state index is 0.0420. The Morgan fingerprint density at radius 1 is 0.944 bits per heavy atom. The summed E-state index contributed by atoms with van der Waals surface area (Å²) in [6, 6.07) is 8.86. The minimum Gasteiger partial charge on any atom is -0.364 e. The lowest BCUT2D eigenvalue weighted by Gasteiger charge is -2.49. The Hall–Kier alpha value is -0.820. The summed E-state index contributed by atoms with van der Waals surface area (Å²) in [7, 11) is 0. The van der Waals surface area contributed by atoms with Gasteiger partial charge in [-0.1, -0.05) is 52.0 Å². The summed E-state index contributed by atoms with van der Waals surface area (Å²) in [4.78, 5) is 0. The topological polar surface area (TPSA) is 9.23 Å². The maximum Gasteiger partial charge on any atom is 0.0936 e. The van der Waals surface area contributed by atoms with E-state index >= 15 is 0 Å². The Bertz CT molecular complexity index is 400. The second-order valence-corrected chi connectivity index (χ2v) is 5.53. The van der Waals surface area contributed by atoms with Gasteiger partial charge in [0.05, 0.1) is 11.2 Å². The second-order valence-electron chi connectivity index (χ2n) is 5.53. The van der Waals surface area contributed by atoms with Crippen molar-refractivity contribution in [2.75, 3.05) is 0 Å². The average molecular weight is 246 g/mol. The van der Waals surface area contributed by atoms with E-state index in [9.17, 15) is 0 Å². The highest BCUT2D eigenvalue weighted by molar-refractivity contribution is 5.36. The molecule has 0 aromatic heterocycles. The molecular formula is C17H26O. The van der Waals surface area contributed by atoms with Gasteiger partial charge in [0, 0.05) is 6.42 Å². The van der Waals surface area contributed by atoms with Crippen LogP contribution in [0.2, 0.25) is 0 Å². The quantitative estimate of drug-likeness (QED) is 0.739. The fourth-order valence-corrected chi connectivity index (χ4v) is 3.39. The molecule has 2 rings (SSSR count). The van der Waals surface area contributed by atoms with E-state index in [2.05, 4.69) is 52.0 Å². The van der Waals surface area contributed by atoms with Crippen molar-refractivity contribution in [3.8, 4) is 0 Å². The van der Waals surface area contributed by atoms with Crippen LogP contribution in [0, 0.1) is 0 Å². The van der Waals surface area contributed by atoms with Crippen LogP contribution in [0.5, 0.6) is 0 Å². The number of fused-ring (bicyclic) bond motifs is 1. The van der Waals surface area contributed by atoms with Crippen LogP contribution >= 0.6 is 0 Å². The van der Waals surface area contributed by atoms with Gasteiger partial charge in [-0.25, -0.2) is 0 Å². The van der Waals surface area contributed by atoms with Crippen molar-refractivity contribution in [2.45, 2.75) is 71.0 Å². The highest BCUT2D eigenvalue weighted by Gasteiger charge is 2.44. The lowest BCUT2D eigenvalue weighted by atomic mass is 9.75. The lowest BCUT2D eigenvalue weighted by molar-refractivity contribution is -0.181. The van der Waals surface area contributed by atoms with E-state index in [1.807, 2.05) is 0 Å². The highest BCUT2D eigenvalue weighted by Crippen LogP contribution is 2.46. The maximum atomic E-state index is 6.68. The molecule has 1 heterocycles. The summed E-state index contributed by atoms with van der Waals surface area (Å²) in [5.41, 5.74) is 2.89. The van der Waals surface area contributed by atoms with Crippen LogP contribution in [0.3, 0.4) is 0 Å². The zero-order valence-corrected chi connectivity index (χ0v) is 12.3. The molecule has 0 N–H and O–H groups in total. The van der Waals surface area contributed by atoms with Crippen molar-refractivity contribution in [1.29, 1.82) is 0 Å². The largest absolute Gasteiger partial charge is 0.364 e. The molecule has 0 fully saturated rings. The van der Waals surface area contributed by atoms with E-state index < -0.39 is 0 Å². The molecule has 0 aliphatic carbocycles. The molecule has 0 amide bonds. The summed E-state index contributed by atoms with van der Waals surface area (Å²) < 4.78 is 6.68. The van der Waals surface area contributed by atoms with Crippen LogP contribution in [0.25, 0.3) is 0 Å². The summed E-state index contributed by atoms with van der Waals surface area (Å²) >= 11 is 0. The normalized spacial score (nSPS) is 20.4. The molecule has 0 unspecified atom stereocenters. The van der Waals surface area contributed by atoms with Gasteiger partial charge in [-0.3, -0.25) is 0 Å². The number of rotatable bonds is 4. The zero-order valence-electron chi connectivity index (χ0n) is 12.3. The van der Waals surface area contributed by atoms with Crippen LogP contribution in [0.4, 0.5) is 0 Å². The number of hydrogen-bond acceptors (Lipinski definition) is 1. The molecule has 0 bridgehead atoms. The fraction of sp³-hybridized carbons (Fsp3) is 0.647. The Morgan fingerprint density at radius 2 is 1.56 bits per heavy atom. The monoisotopic (exact) mass is 246 g/mol. The van der Waals surface area contributed by atoms with Crippen molar-refractivity contribution in [2.24, 2.45) is 0 Å². The van der Waals surface area contributed by atoms with Gasteiger partial charge in [0.15, 0.2) is 0 Å². The van der Waals surface area contributed by atoms with Crippen molar-refractivity contribution in [1.82, 2.24) is 0 Å². The summed E-state index contributed by atoms with van der Waals surface area (Å²) in [6.45, 7) is 9.02. The molecule has 1 aromatic carbocycles. The summed E-state index contributed by atoms with van der Waals surface area (Å²) in [5, 5.41) is 0. The molecule has 1 nitrogen and oxygen atoms in total. The minimum atomic E-state index is -0.0686. The molecule has 0 atom stereocenters. The van der Waals surface area contributed by atoms with Gasteiger partial charge in [0.25, 0.3) is 0 Å². The highest BCUT2D eigenvalue weighted by atomic mass is 16.5. The molecule has 0 radical (unpaired) electrons. The summed E-state index contributed by atoms with van der Waals surface area (Å²) in [5.74, 6) is 0. The van der Waals surface area contributed by atoms with E-state index in [4.69, 9.17) is 4.74 Å². The summed E-state index contributed by atoms with van der Waals surface area (Å²) in [6.07, 6.45) is 5.38. The molecule has 0 spiro atoms. The molecule has 0 saturated heterocycles. The Kier molecular flexibility index (Phi) is 3.82. The predicted octanol–water partition coefficient (Wildman–Crippen LogP) is 4.83. The standard InChI is InChI=1S/C17H26O/c1-5-16(6-2)13-14-11-9-10-12-15(14)17(7-3,8-4)18-16/h9-12H,5-8,13H2,1-4H3. The van der Waals surface area contributed by atoms with Gasteiger partial charge in [-0.05, 0) is 36.8 Å². The van der Waals surface area contributed by atoms with Crippen molar-refractivity contribution in [3.05, 3.63) is 35.4 Å². The third-order valence-electron chi connectivity index (χ3n) is 4.86. The Balaban J connectivity index is 2.54. The van der Waals surface area contributed by atoms with Crippen molar-refractivity contribution >= 4 is 0 Å². The smallest absolute Gasteiger partial charge is 0.0936 e. The van der Waals surface area contributed by atoms with Crippen LogP contribution in [0.15, 0.2) is 24.3 Å². The van der Waals surface area contributed by atoms with Crippen LogP contribution in [-0.2, 0) is 16.8 Å². The molecule has 1 aromatic rings. The predicted molar refractivity (Wildman–Crippen MR) is 76.8 cm³/mol. The van der Waals surface area contributed by atoms with Gasteiger partial charge < -0.3 is 4.74 Å².